The van der Waals surface area contributed by atoms with E-state index >= 15 is 0 Å². The number of sulfonamides is 1. The third kappa shape index (κ3) is 3.72. The van der Waals surface area contributed by atoms with Gasteiger partial charge >= 0.3 is 5.69 Å². The van der Waals surface area contributed by atoms with Gasteiger partial charge in [-0.15, -0.1) is 0 Å². The van der Waals surface area contributed by atoms with E-state index in [1.165, 1.54) is 16.4 Å². The van der Waals surface area contributed by atoms with E-state index < -0.39 is 14.9 Å². The van der Waals surface area contributed by atoms with Crippen LogP contribution in [0.3, 0.4) is 0 Å². The van der Waals surface area contributed by atoms with Gasteiger partial charge in [0.15, 0.2) is 0 Å². The molecule has 1 aliphatic rings. The minimum Gasteiger partial charge on any atom is -0.379 e. The molecule has 1 aliphatic heterocycles. The second-order valence-corrected chi connectivity index (χ2v) is 8.32. The van der Waals surface area contributed by atoms with Crippen LogP contribution in [0.15, 0.2) is 46.1 Å². The number of H-pyrrole nitrogens is 2. The molecule has 11 nitrogen and oxygen atoms in total. The van der Waals surface area contributed by atoms with Crippen LogP contribution in [-0.4, -0.2) is 53.9 Å². The number of nitrogens with one attached hydrogen (secondary N) is 3. The van der Waals surface area contributed by atoms with Gasteiger partial charge in [-0.3, -0.25) is 10.1 Å². The van der Waals surface area contributed by atoms with Crippen molar-refractivity contribution < 1.29 is 18.1 Å². The molecule has 12 heteroatoms. The van der Waals surface area contributed by atoms with Crippen molar-refractivity contribution in [1.29, 1.82) is 0 Å². The maximum Gasteiger partial charge on any atom is 0.323 e. The van der Waals surface area contributed by atoms with Crippen LogP contribution < -0.4 is 11.0 Å². The first-order valence-corrected chi connectivity index (χ1v) is 10.1. The molecule has 0 radical (unpaired) electrons. The minimum atomic E-state index is -3.98. The van der Waals surface area contributed by atoms with E-state index in [1.807, 2.05) is 0 Å². The first kappa shape index (κ1) is 19.1. The first-order chi connectivity index (χ1) is 13.8. The fourth-order valence-corrected chi connectivity index (χ4v) is 4.71. The number of aromatic amines is 2. The van der Waals surface area contributed by atoms with E-state index in [4.69, 9.17) is 4.74 Å². The molecule has 0 bridgehead atoms. The number of nitro benzene ring substituents is 1. The van der Waals surface area contributed by atoms with E-state index in [0.717, 1.165) is 6.07 Å². The molecule has 3 aromatic rings. The highest BCUT2D eigenvalue weighted by molar-refractivity contribution is 7.89. The second-order valence-electron chi connectivity index (χ2n) is 6.42. The van der Waals surface area contributed by atoms with E-state index in [-0.39, 0.29) is 48.3 Å². The number of fused-ring (bicyclic) bond motifs is 1. The van der Waals surface area contributed by atoms with Gasteiger partial charge in [-0.2, -0.15) is 4.31 Å². The molecule has 0 spiro atoms. The summed E-state index contributed by atoms with van der Waals surface area (Å²) in [4.78, 5) is 27.0. The largest absolute Gasteiger partial charge is 0.379 e. The van der Waals surface area contributed by atoms with Gasteiger partial charge in [0.25, 0.3) is 5.69 Å². The number of ether oxygens (including phenoxy) is 1. The summed E-state index contributed by atoms with van der Waals surface area (Å²) in [6, 6.07) is 8.60. The lowest BCUT2D eigenvalue weighted by Crippen LogP contribution is -2.40. The first-order valence-electron chi connectivity index (χ1n) is 8.70. The fraction of sp³-hybridized carbons (Fsp3) is 0.235. The molecule has 152 valence electrons. The molecule has 0 atom stereocenters. The smallest absolute Gasteiger partial charge is 0.323 e. The SMILES string of the molecule is O=c1[nH]c2ccc(Nc3ccc([N+](=O)[O-])cc3S(=O)(=O)N3CCOCC3)cc2[nH]1. The summed E-state index contributed by atoms with van der Waals surface area (Å²) in [7, 11) is -3.98. The number of non-ortho nitro benzene ring substituents is 1. The van der Waals surface area contributed by atoms with Crippen LogP contribution in [-0.2, 0) is 14.8 Å². The monoisotopic (exact) mass is 419 g/mol. The maximum atomic E-state index is 13.1. The topological polar surface area (TPSA) is 150 Å². The molecule has 0 amide bonds. The van der Waals surface area contributed by atoms with Crippen molar-refractivity contribution in [1.82, 2.24) is 14.3 Å². The number of aromatic nitrogens is 2. The van der Waals surface area contributed by atoms with Crippen molar-refractivity contribution >= 4 is 38.1 Å². The van der Waals surface area contributed by atoms with E-state index in [0.29, 0.717) is 16.7 Å². The third-order valence-electron chi connectivity index (χ3n) is 4.56. The average molecular weight is 419 g/mol. The summed E-state index contributed by atoms with van der Waals surface area (Å²) in [5.74, 6) is 0. The molecular weight excluding hydrogens is 402 g/mol. The Morgan fingerprint density at radius 3 is 2.52 bits per heavy atom. The molecule has 1 saturated heterocycles. The van der Waals surface area contributed by atoms with Crippen LogP contribution in [0.4, 0.5) is 17.1 Å². The van der Waals surface area contributed by atoms with Gasteiger partial charge in [0.1, 0.15) is 4.90 Å². The Labute approximate surface area is 164 Å². The van der Waals surface area contributed by atoms with Gasteiger partial charge < -0.3 is 20.0 Å². The number of nitro groups is 1. The second kappa shape index (κ2) is 7.31. The number of rotatable bonds is 5. The Kier molecular flexibility index (Phi) is 4.82. The Balaban J connectivity index is 1.77. The molecule has 2 heterocycles. The summed E-state index contributed by atoms with van der Waals surface area (Å²) in [6.45, 7) is 0.852. The van der Waals surface area contributed by atoms with Crippen molar-refractivity contribution in [3.8, 4) is 0 Å². The number of anilines is 2. The predicted molar refractivity (Wildman–Crippen MR) is 105 cm³/mol. The highest BCUT2D eigenvalue weighted by Crippen LogP contribution is 2.32. The van der Waals surface area contributed by atoms with E-state index in [9.17, 15) is 23.3 Å². The van der Waals surface area contributed by atoms with Gasteiger partial charge in [-0.05, 0) is 24.3 Å². The molecule has 0 aliphatic carbocycles. The Morgan fingerprint density at radius 1 is 1.07 bits per heavy atom. The Morgan fingerprint density at radius 2 is 1.79 bits per heavy atom. The number of nitrogens with zero attached hydrogens (tertiary/aromatic N) is 2. The zero-order valence-electron chi connectivity index (χ0n) is 15.0. The minimum absolute atomic E-state index is 0.168. The summed E-state index contributed by atoms with van der Waals surface area (Å²) < 4.78 is 32.7. The van der Waals surface area contributed by atoms with E-state index in [2.05, 4.69) is 15.3 Å². The van der Waals surface area contributed by atoms with Crippen LogP contribution >= 0.6 is 0 Å². The standard InChI is InChI=1S/C17H17N5O6S/c23-17-19-13-3-1-11(9-15(13)20-17)18-14-4-2-12(22(24)25)10-16(14)29(26,27)21-5-7-28-8-6-21/h1-4,9-10,18H,5-8H2,(H2,19,20,23). The van der Waals surface area contributed by atoms with Gasteiger partial charge in [0.2, 0.25) is 10.0 Å². The Hall–Kier alpha value is -3.22. The number of morpholine rings is 1. The van der Waals surface area contributed by atoms with Crippen LogP contribution in [0.1, 0.15) is 0 Å². The number of imidazole rings is 1. The molecule has 2 aromatic carbocycles. The molecule has 4 rings (SSSR count). The molecule has 0 saturated carbocycles. The van der Waals surface area contributed by atoms with Crippen LogP contribution in [0.2, 0.25) is 0 Å². The summed E-state index contributed by atoms with van der Waals surface area (Å²) >= 11 is 0. The van der Waals surface area contributed by atoms with Crippen molar-refractivity contribution in [2.75, 3.05) is 31.6 Å². The van der Waals surface area contributed by atoms with Crippen molar-refractivity contribution in [2.45, 2.75) is 4.90 Å². The molecule has 3 N–H and O–H groups in total. The molecule has 1 aromatic heterocycles. The highest BCUT2D eigenvalue weighted by atomic mass is 32.2. The number of hydrogen-bond donors (Lipinski definition) is 3. The highest BCUT2D eigenvalue weighted by Gasteiger charge is 2.30. The summed E-state index contributed by atoms with van der Waals surface area (Å²) in [5, 5.41) is 14.2. The summed E-state index contributed by atoms with van der Waals surface area (Å²) in [5.41, 5.74) is 1.17. The lowest BCUT2D eigenvalue weighted by Gasteiger charge is -2.27. The third-order valence-corrected chi connectivity index (χ3v) is 6.50. The van der Waals surface area contributed by atoms with Crippen LogP contribution in [0.25, 0.3) is 11.0 Å². The quantitative estimate of drug-likeness (QED) is 0.419. The zero-order chi connectivity index (χ0) is 20.6. The maximum absolute atomic E-state index is 13.1. The van der Waals surface area contributed by atoms with Gasteiger partial charge in [0, 0.05) is 30.9 Å². The van der Waals surface area contributed by atoms with Crippen molar-refractivity contribution in [3.63, 3.8) is 0 Å². The fourth-order valence-electron chi connectivity index (χ4n) is 3.13. The predicted octanol–water partition coefficient (Wildman–Crippen LogP) is 1.53. The lowest BCUT2D eigenvalue weighted by atomic mass is 10.2. The molecule has 0 unspecified atom stereocenters. The molecule has 29 heavy (non-hydrogen) atoms. The number of hydrogen-bond acceptors (Lipinski definition) is 7. The Bertz CT molecular complexity index is 1240. The van der Waals surface area contributed by atoms with Crippen LogP contribution in [0, 0.1) is 10.1 Å². The number of benzene rings is 2. The van der Waals surface area contributed by atoms with Gasteiger partial charge in [0.05, 0.1) is 34.9 Å². The van der Waals surface area contributed by atoms with Crippen LogP contribution in [0.5, 0.6) is 0 Å². The van der Waals surface area contributed by atoms with Gasteiger partial charge in [-0.25, -0.2) is 13.2 Å². The molecule has 1 fully saturated rings. The van der Waals surface area contributed by atoms with E-state index in [1.54, 1.807) is 18.2 Å². The summed E-state index contributed by atoms with van der Waals surface area (Å²) in [6.07, 6.45) is 0. The average Bonchev–Trinajstić information content (AvgIpc) is 3.08. The molecular formula is C17H17N5O6S. The van der Waals surface area contributed by atoms with Crippen molar-refractivity contribution in [2.24, 2.45) is 0 Å². The normalized spacial score (nSPS) is 15.4. The van der Waals surface area contributed by atoms with Crippen molar-refractivity contribution in [3.05, 3.63) is 57.0 Å². The van der Waals surface area contributed by atoms with Gasteiger partial charge in [-0.1, -0.05) is 0 Å². The lowest BCUT2D eigenvalue weighted by molar-refractivity contribution is -0.385. The zero-order valence-corrected chi connectivity index (χ0v) is 15.9.